The molecular formula is C36H41Cl2N3O5. The highest BCUT2D eigenvalue weighted by Gasteiger charge is 2.42. The zero-order valence-corrected chi connectivity index (χ0v) is 27.9. The minimum Gasteiger partial charge on any atom is -0.490 e. The molecule has 2 N–H and O–H groups in total. The highest BCUT2D eigenvalue weighted by Crippen LogP contribution is 2.41. The summed E-state index contributed by atoms with van der Waals surface area (Å²) in [5.74, 6) is 1.86. The van der Waals surface area contributed by atoms with Crippen molar-refractivity contribution in [2.75, 3.05) is 26.4 Å². The average molecular weight is 667 g/mol. The molecule has 0 spiro atoms. The quantitative estimate of drug-likeness (QED) is 0.185. The Morgan fingerprint density at radius 1 is 0.978 bits per heavy atom. The van der Waals surface area contributed by atoms with Crippen LogP contribution in [0.5, 0.6) is 17.4 Å². The van der Waals surface area contributed by atoms with Gasteiger partial charge in [-0.2, -0.15) is 0 Å². The molecule has 1 saturated heterocycles. The van der Waals surface area contributed by atoms with Crippen molar-refractivity contribution < 1.29 is 24.1 Å². The van der Waals surface area contributed by atoms with Gasteiger partial charge in [0.05, 0.1) is 16.7 Å². The van der Waals surface area contributed by atoms with Crippen LogP contribution in [0.2, 0.25) is 10.0 Å². The second-order valence-corrected chi connectivity index (χ2v) is 13.2. The number of aromatic nitrogens is 1. The van der Waals surface area contributed by atoms with E-state index in [0.717, 1.165) is 71.3 Å². The number of halogens is 2. The molecule has 2 fully saturated rings. The summed E-state index contributed by atoms with van der Waals surface area (Å²) in [6, 6.07) is 14.3. The molecule has 3 aromatic rings. The van der Waals surface area contributed by atoms with Crippen LogP contribution >= 0.6 is 23.2 Å². The van der Waals surface area contributed by atoms with Gasteiger partial charge in [-0.25, -0.2) is 4.98 Å². The number of nitrogens with one attached hydrogen (secondary N) is 1. The van der Waals surface area contributed by atoms with E-state index in [1.165, 1.54) is 0 Å². The van der Waals surface area contributed by atoms with Crippen LogP contribution in [0, 0.1) is 13.8 Å². The Hall–Kier alpha value is -3.30. The molecule has 46 heavy (non-hydrogen) atoms. The average Bonchev–Trinajstić information content (AvgIpc) is 3.82. The first-order valence-electron chi connectivity index (χ1n) is 16.1. The number of hydrogen-bond donors (Lipinski definition) is 2. The minimum atomic E-state index is 0.0481. The number of carbonyl (C=O) groups excluding carboxylic acids is 1. The maximum absolute atomic E-state index is 14.5. The lowest BCUT2D eigenvalue weighted by molar-refractivity contribution is -0.128. The van der Waals surface area contributed by atoms with Crippen LogP contribution in [-0.2, 0) is 11.3 Å². The lowest BCUT2D eigenvalue weighted by Crippen LogP contribution is -2.44. The number of nitrogens with zero attached hydrogens (tertiary/aromatic N) is 2. The molecule has 0 unspecified atom stereocenters. The molecule has 2 bridgehead atoms. The molecule has 1 aromatic heterocycles. The number of hydrogen-bond acceptors (Lipinski definition) is 7. The predicted octanol–water partition coefficient (Wildman–Crippen LogP) is 6.69. The molecular weight excluding hydrogens is 625 g/mol. The Morgan fingerprint density at radius 3 is 2.43 bits per heavy atom. The second kappa shape index (κ2) is 14.6. The maximum atomic E-state index is 14.5. The fourth-order valence-corrected chi connectivity index (χ4v) is 7.11. The molecule has 1 saturated carbocycles. The van der Waals surface area contributed by atoms with Gasteiger partial charge in [0, 0.05) is 55.0 Å². The van der Waals surface area contributed by atoms with Crippen molar-refractivity contribution in [3.63, 3.8) is 0 Å². The van der Waals surface area contributed by atoms with Crippen LogP contribution in [-0.4, -0.2) is 65.5 Å². The summed E-state index contributed by atoms with van der Waals surface area (Å²) in [6.45, 7) is 5.53. The monoisotopic (exact) mass is 665 g/mol. The second-order valence-electron chi connectivity index (χ2n) is 12.4. The topological polar surface area (TPSA) is 93.2 Å². The van der Waals surface area contributed by atoms with Crippen LogP contribution in [0.4, 0.5) is 0 Å². The third kappa shape index (κ3) is 7.46. The first-order valence-corrected chi connectivity index (χ1v) is 16.9. The number of pyridine rings is 1. The van der Waals surface area contributed by atoms with E-state index in [9.17, 15) is 4.79 Å². The first kappa shape index (κ1) is 32.6. The highest BCUT2D eigenvalue weighted by atomic mass is 35.5. The van der Waals surface area contributed by atoms with E-state index in [4.69, 9.17) is 42.5 Å². The summed E-state index contributed by atoms with van der Waals surface area (Å²) in [5, 5.41) is 13.8. The number of aliphatic hydroxyl groups excluding tert-OH is 1. The number of amides is 1. The summed E-state index contributed by atoms with van der Waals surface area (Å²) in [6.07, 6.45) is 7.14. The minimum absolute atomic E-state index is 0.0481. The number of benzene rings is 2. The molecule has 1 aliphatic carbocycles. The molecule has 2 aromatic carbocycles. The number of aliphatic hydroxyl groups is 1. The van der Waals surface area contributed by atoms with Gasteiger partial charge in [-0.15, -0.1) is 0 Å². The standard InChI is InChI=1S/C36H41Cl2N3O5/c1-22-18-30(37)34(31(38)19-22)45-17-16-44-28-9-4-24(5-10-28)29-20-26-6-11-32(40-26)33(29)36(43)41(27-7-8-27)21-25-12-13-39-35(23(25)2)46-15-3-14-42/h4-5,9-10,12-13,18-19,26-27,32,40,42H,3,6-8,11,14-17,20-21H2,1-2H3/t26-,32+/m0/s1. The Balaban J connectivity index is 1.17. The zero-order valence-electron chi connectivity index (χ0n) is 26.4. The SMILES string of the molecule is Cc1cc(Cl)c(OCCOc2ccc(C3=C(C(=O)N(Cc4ccnc(OCCCO)c4C)C4CC4)[C@H]4CC[C@@H](C3)N4)cc2)c(Cl)c1. The van der Waals surface area contributed by atoms with E-state index < -0.39 is 0 Å². The van der Waals surface area contributed by atoms with E-state index >= 15 is 0 Å². The molecule has 0 radical (unpaired) electrons. The molecule has 10 heteroatoms. The van der Waals surface area contributed by atoms with Crippen LogP contribution < -0.4 is 19.5 Å². The normalized spacial score (nSPS) is 18.9. The number of rotatable bonds is 14. The summed E-state index contributed by atoms with van der Waals surface area (Å²) >= 11 is 12.6. The van der Waals surface area contributed by atoms with E-state index in [-0.39, 0.29) is 24.6 Å². The summed E-state index contributed by atoms with van der Waals surface area (Å²) in [5.41, 5.74) is 6.00. The van der Waals surface area contributed by atoms with Gasteiger partial charge < -0.3 is 29.5 Å². The zero-order chi connectivity index (χ0) is 32.2. The smallest absolute Gasteiger partial charge is 0.252 e. The first-order chi connectivity index (χ1) is 22.3. The predicted molar refractivity (Wildman–Crippen MR) is 180 cm³/mol. The van der Waals surface area contributed by atoms with Gasteiger partial charge in [0.1, 0.15) is 19.0 Å². The van der Waals surface area contributed by atoms with Gasteiger partial charge in [-0.05, 0) is 98.5 Å². The fourth-order valence-electron chi connectivity index (χ4n) is 6.40. The van der Waals surface area contributed by atoms with Gasteiger partial charge >= 0.3 is 0 Å². The number of aryl methyl sites for hydroxylation is 1. The molecule has 6 rings (SSSR count). The van der Waals surface area contributed by atoms with Crippen molar-refractivity contribution in [1.82, 2.24) is 15.2 Å². The van der Waals surface area contributed by atoms with Gasteiger partial charge in [-0.1, -0.05) is 35.3 Å². The van der Waals surface area contributed by atoms with Crippen molar-refractivity contribution in [3.8, 4) is 17.4 Å². The molecule has 3 heterocycles. The van der Waals surface area contributed by atoms with E-state index in [1.54, 1.807) is 6.20 Å². The molecule has 2 aliphatic heterocycles. The van der Waals surface area contributed by atoms with E-state index in [0.29, 0.717) is 60.5 Å². The number of carbonyl (C=O) groups is 1. The van der Waals surface area contributed by atoms with Crippen LogP contribution in [0.15, 0.2) is 54.2 Å². The third-order valence-corrected chi connectivity index (χ3v) is 9.50. The van der Waals surface area contributed by atoms with E-state index in [2.05, 4.69) is 27.3 Å². The molecule has 8 nitrogen and oxygen atoms in total. The van der Waals surface area contributed by atoms with Crippen molar-refractivity contribution in [2.24, 2.45) is 0 Å². The molecule has 2 atom stereocenters. The van der Waals surface area contributed by atoms with Gasteiger partial charge in [0.15, 0.2) is 5.75 Å². The molecule has 244 valence electrons. The number of ether oxygens (including phenoxy) is 3. The maximum Gasteiger partial charge on any atom is 0.252 e. The van der Waals surface area contributed by atoms with Gasteiger partial charge in [0.25, 0.3) is 5.91 Å². The van der Waals surface area contributed by atoms with Crippen molar-refractivity contribution in [1.29, 1.82) is 0 Å². The Kier molecular flexibility index (Phi) is 10.4. The highest BCUT2D eigenvalue weighted by molar-refractivity contribution is 6.37. The van der Waals surface area contributed by atoms with E-state index in [1.807, 2.05) is 44.2 Å². The van der Waals surface area contributed by atoms with Crippen LogP contribution in [0.25, 0.3) is 5.57 Å². The number of fused-ring (bicyclic) bond motifs is 2. The van der Waals surface area contributed by atoms with Crippen LogP contribution in [0.3, 0.4) is 0 Å². The van der Waals surface area contributed by atoms with Gasteiger partial charge in [-0.3, -0.25) is 4.79 Å². The molecule has 1 amide bonds. The Bertz CT molecular complexity index is 1570. The van der Waals surface area contributed by atoms with Crippen molar-refractivity contribution in [2.45, 2.75) is 77.0 Å². The summed E-state index contributed by atoms with van der Waals surface area (Å²) in [7, 11) is 0. The summed E-state index contributed by atoms with van der Waals surface area (Å²) < 4.78 is 17.6. The lowest BCUT2D eigenvalue weighted by Gasteiger charge is -2.32. The lowest BCUT2D eigenvalue weighted by atomic mass is 9.88. The van der Waals surface area contributed by atoms with Crippen LogP contribution in [0.1, 0.15) is 60.8 Å². The van der Waals surface area contributed by atoms with Crippen molar-refractivity contribution in [3.05, 3.63) is 86.5 Å². The summed E-state index contributed by atoms with van der Waals surface area (Å²) in [4.78, 5) is 20.9. The Labute approximate surface area is 280 Å². The van der Waals surface area contributed by atoms with Gasteiger partial charge in [0.2, 0.25) is 5.88 Å². The fraction of sp³-hybridized carbons (Fsp3) is 0.444. The molecule has 3 aliphatic rings. The van der Waals surface area contributed by atoms with Crippen molar-refractivity contribution >= 4 is 34.7 Å². The Morgan fingerprint density at radius 2 is 1.72 bits per heavy atom. The third-order valence-electron chi connectivity index (χ3n) is 8.94. The largest absolute Gasteiger partial charge is 0.490 e.